The van der Waals surface area contributed by atoms with Crippen LogP contribution in [0.25, 0.3) is 16.6 Å². The average molecular weight is 499 g/mol. The Morgan fingerprint density at radius 1 is 1.20 bits per heavy atom. The Kier molecular flexibility index (Phi) is 7.23. The van der Waals surface area contributed by atoms with Crippen LogP contribution < -0.4 is 15.6 Å². The summed E-state index contributed by atoms with van der Waals surface area (Å²) in [4.78, 5) is 32.2. The van der Waals surface area contributed by atoms with Gasteiger partial charge in [-0.25, -0.2) is 13.4 Å². The van der Waals surface area contributed by atoms with E-state index in [1.165, 1.54) is 17.2 Å². The number of amides is 1. The van der Waals surface area contributed by atoms with Gasteiger partial charge in [-0.2, -0.15) is 0 Å². The first-order valence-corrected chi connectivity index (χ1v) is 13.6. The topological polar surface area (TPSA) is 111 Å². The summed E-state index contributed by atoms with van der Waals surface area (Å²) in [5.41, 5.74) is 2.24. The molecule has 186 valence electrons. The van der Waals surface area contributed by atoms with Gasteiger partial charge >= 0.3 is 0 Å². The first-order chi connectivity index (χ1) is 16.6. The molecule has 0 atom stereocenters. The van der Waals surface area contributed by atoms with Crippen molar-refractivity contribution < 1.29 is 17.9 Å². The van der Waals surface area contributed by atoms with E-state index in [0.717, 1.165) is 18.4 Å². The smallest absolute Gasteiger partial charge is 0.265 e. The lowest BCUT2D eigenvalue weighted by Crippen LogP contribution is -2.29. The van der Waals surface area contributed by atoms with Crippen molar-refractivity contribution >= 4 is 26.6 Å². The number of hydrogen-bond acceptors (Lipinski definition) is 7. The van der Waals surface area contributed by atoms with Gasteiger partial charge in [0.25, 0.3) is 11.5 Å². The van der Waals surface area contributed by atoms with Crippen LogP contribution >= 0.6 is 0 Å². The number of ether oxygens (including phenoxy) is 1. The number of sulfone groups is 1. The first-order valence-electron chi connectivity index (χ1n) is 11.5. The average Bonchev–Trinajstić information content (AvgIpc) is 3.62. The van der Waals surface area contributed by atoms with E-state index in [1.54, 1.807) is 30.3 Å². The maximum absolute atomic E-state index is 13.4. The van der Waals surface area contributed by atoms with Crippen LogP contribution in [0.5, 0.6) is 5.75 Å². The Morgan fingerprint density at radius 2 is 1.97 bits per heavy atom. The summed E-state index contributed by atoms with van der Waals surface area (Å²) >= 11 is 0. The molecule has 1 aliphatic rings. The number of hydrogen-bond donors (Lipinski definition) is 1. The summed E-state index contributed by atoms with van der Waals surface area (Å²) in [5, 5.41) is 3.38. The van der Waals surface area contributed by atoms with Gasteiger partial charge in [-0.15, -0.1) is 0 Å². The zero-order chi connectivity index (χ0) is 25.2. The molecule has 0 spiro atoms. The van der Waals surface area contributed by atoms with Crippen molar-refractivity contribution in [1.82, 2.24) is 19.8 Å². The van der Waals surface area contributed by atoms with Gasteiger partial charge in [0.1, 0.15) is 28.5 Å². The first kappa shape index (κ1) is 24.9. The van der Waals surface area contributed by atoms with Gasteiger partial charge in [0.05, 0.1) is 22.3 Å². The highest BCUT2D eigenvalue weighted by Crippen LogP contribution is 2.22. The SMILES string of the molecule is Cc1ccc(C(=O)NC2CC2)cc1-n1cnc2ccc(OCCN(C)CCS(C)(=O)=O)cc2c1=O. The molecule has 1 N–H and O–H groups in total. The highest BCUT2D eigenvalue weighted by Gasteiger charge is 2.24. The molecule has 0 aliphatic heterocycles. The number of rotatable bonds is 10. The summed E-state index contributed by atoms with van der Waals surface area (Å²) in [6.07, 6.45) is 4.69. The van der Waals surface area contributed by atoms with Gasteiger partial charge < -0.3 is 15.0 Å². The summed E-state index contributed by atoms with van der Waals surface area (Å²) in [6.45, 7) is 3.19. The Balaban J connectivity index is 1.53. The lowest BCUT2D eigenvalue weighted by Gasteiger charge is -2.16. The molecule has 1 aromatic heterocycles. The number of carbonyl (C=O) groups excluding carboxylic acids is 1. The molecule has 3 aromatic rings. The molecule has 0 unspecified atom stereocenters. The second kappa shape index (κ2) is 10.2. The van der Waals surface area contributed by atoms with Crippen LogP contribution in [0, 0.1) is 6.92 Å². The van der Waals surface area contributed by atoms with E-state index in [4.69, 9.17) is 4.74 Å². The number of likely N-dealkylation sites (N-methyl/N-ethyl adjacent to an activating group) is 1. The van der Waals surface area contributed by atoms with Crippen molar-refractivity contribution in [2.75, 3.05) is 38.8 Å². The zero-order valence-electron chi connectivity index (χ0n) is 20.2. The highest BCUT2D eigenvalue weighted by atomic mass is 32.2. The molecule has 1 saturated carbocycles. The minimum atomic E-state index is -3.01. The largest absolute Gasteiger partial charge is 0.492 e. The van der Waals surface area contributed by atoms with E-state index in [0.29, 0.717) is 47.6 Å². The van der Waals surface area contributed by atoms with E-state index in [-0.39, 0.29) is 23.3 Å². The van der Waals surface area contributed by atoms with E-state index in [1.807, 2.05) is 24.9 Å². The third kappa shape index (κ3) is 6.46. The fourth-order valence-corrected chi connectivity index (χ4v) is 4.27. The molecule has 9 nitrogen and oxygen atoms in total. The van der Waals surface area contributed by atoms with Crippen molar-refractivity contribution in [3.05, 3.63) is 64.2 Å². The Bertz CT molecular complexity index is 1410. The van der Waals surface area contributed by atoms with Crippen molar-refractivity contribution in [3.63, 3.8) is 0 Å². The monoisotopic (exact) mass is 498 g/mol. The van der Waals surface area contributed by atoms with Gasteiger partial charge in [-0.1, -0.05) is 6.07 Å². The third-order valence-corrected chi connectivity index (χ3v) is 6.88. The van der Waals surface area contributed by atoms with Crippen LogP contribution in [0.2, 0.25) is 0 Å². The van der Waals surface area contributed by atoms with E-state index < -0.39 is 9.84 Å². The van der Waals surface area contributed by atoms with Gasteiger partial charge in [-0.3, -0.25) is 14.2 Å². The number of benzene rings is 2. The number of nitrogens with zero attached hydrogens (tertiary/aromatic N) is 3. The quantitative estimate of drug-likeness (QED) is 0.455. The predicted molar refractivity (Wildman–Crippen MR) is 135 cm³/mol. The highest BCUT2D eigenvalue weighted by molar-refractivity contribution is 7.90. The molecule has 10 heteroatoms. The lowest BCUT2D eigenvalue weighted by atomic mass is 10.1. The van der Waals surface area contributed by atoms with Crippen molar-refractivity contribution in [2.24, 2.45) is 0 Å². The third-order valence-electron chi connectivity index (χ3n) is 5.96. The van der Waals surface area contributed by atoms with Crippen LogP contribution in [-0.4, -0.2) is 73.6 Å². The zero-order valence-corrected chi connectivity index (χ0v) is 21.0. The second-order valence-corrected chi connectivity index (χ2v) is 11.4. The normalized spacial score (nSPS) is 13.8. The standard InChI is InChI=1S/C25H30N4O5S/c1-17-4-5-18(24(30)27-19-6-7-19)14-23(17)29-16-26-22-9-8-20(15-21(22)25(29)31)34-12-10-28(2)11-13-35(3,32)33/h4-5,8-9,14-16,19H,6-7,10-13H2,1-3H3,(H,27,30). The summed E-state index contributed by atoms with van der Waals surface area (Å²) in [5.74, 6) is 0.473. The number of aryl methyl sites for hydroxylation is 1. The second-order valence-electron chi connectivity index (χ2n) is 9.13. The van der Waals surface area contributed by atoms with E-state index in [9.17, 15) is 18.0 Å². The molecule has 4 rings (SSSR count). The van der Waals surface area contributed by atoms with Gasteiger partial charge in [0, 0.05) is 31.0 Å². The van der Waals surface area contributed by atoms with Crippen LogP contribution in [0.15, 0.2) is 47.5 Å². The maximum Gasteiger partial charge on any atom is 0.265 e. The predicted octanol–water partition coefficient (Wildman–Crippen LogP) is 1.94. The van der Waals surface area contributed by atoms with Crippen molar-refractivity contribution in [2.45, 2.75) is 25.8 Å². The molecule has 0 bridgehead atoms. The Labute approximate surface area is 204 Å². The Morgan fingerprint density at radius 3 is 2.69 bits per heavy atom. The summed E-state index contributed by atoms with van der Waals surface area (Å²) in [7, 11) is -1.18. The molecule has 1 aliphatic carbocycles. The molecular formula is C25H30N4O5S. The number of nitrogens with one attached hydrogen (secondary N) is 1. The molecule has 1 amide bonds. The van der Waals surface area contributed by atoms with Crippen LogP contribution in [0.1, 0.15) is 28.8 Å². The van der Waals surface area contributed by atoms with Gasteiger partial charge in [-0.05, 0) is 62.7 Å². The molecule has 0 saturated heterocycles. The fourth-order valence-electron chi connectivity index (χ4n) is 3.62. The van der Waals surface area contributed by atoms with Crippen molar-refractivity contribution in [3.8, 4) is 11.4 Å². The van der Waals surface area contributed by atoms with E-state index >= 15 is 0 Å². The molecule has 35 heavy (non-hydrogen) atoms. The molecule has 0 radical (unpaired) electrons. The molecule has 2 aromatic carbocycles. The number of carbonyl (C=O) groups is 1. The van der Waals surface area contributed by atoms with Crippen molar-refractivity contribution in [1.29, 1.82) is 0 Å². The van der Waals surface area contributed by atoms with Crippen LogP contribution in [0.4, 0.5) is 0 Å². The van der Waals surface area contributed by atoms with Gasteiger partial charge in [0.2, 0.25) is 0 Å². The van der Waals surface area contributed by atoms with Gasteiger partial charge in [0.15, 0.2) is 0 Å². The summed E-state index contributed by atoms with van der Waals surface area (Å²) in [6, 6.07) is 10.7. The number of aromatic nitrogens is 2. The van der Waals surface area contributed by atoms with Crippen LogP contribution in [0.3, 0.4) is 0 Å². The minimum Gasteiger partial charge on any atom is -0.492 e. The lowest BCUT2D eigenvalue weighted by molar-refractivity contribution is 0.0951. The molecular weight excluding hydrogens is 468 g/mol. The number of fused-ring (bicyclic) bond motifs is 1. The van der Waals surface area contributed by atoms with Crippen LogP contribution in [-0.2, 0) is 9.84 Å². The molecule has 1 fully saturated rings. The Hall–Kier alpha value is -3.24. The van der Waals surface area contributed by atoms with E-state index in [2.05, 4.69) is 10.3 Å². The minimum absolute atomic E-state index is 0.0908. The summed E-state index contributed by atoms with van der Waals surface area (Å²) < 4.78 is 29.9. The maximum atomic E-state index is 13.4. The molecule has 1 heterocycles. The fraction of sp³-hybridized carbons (Fsp3) is 0.400.